The quantitative estimate of drug-likeness (QED) is 0.725. The normalized spacial score (nSPS) is 21.4. The van der Waals surface area contributed by atoms with Crippen molar-refractivity contribution >= 4 is 0 Å². The van der Waals surface area contributed by atoms with Gasteiger partial charge in [0, 0.05) is 38.3 Å². The van der Waals surface area contributed by atoms with Gasteiger partial charge in [-0.15, -0.1) is 0 Å². The highest BCUT2D eigenvalue weighted by Crippen LogP contribution is 2.14. The second kappa shape index (κ2) is 5.10. The first-order valence-electron chi connectivity index (χ1n) is 5.79. The first kappa shape index (κ1) is 12.0. The predicted octanol–water partition coefficient (Wildman–Crippen LogP) is 0.751. The average molecular weight is 199 g/mol. The zero-order valence-electron chi connectivity index (χ0n) is 9.92. The molecule has 3 heteroatoms. The van der Waals surface area contributed by atoms with Crippen molar-refractivity contribution in [2.24, 2.45) is 5.73 Å². The maximum Gasteiger partial charge on any atom is 0.0278 e. The maximum atomic E-state index is 6.31. The fraction of sp³-hybridized carbons (Fsp3) is 1.00. The molecule has 2 N–H and O–H groups in total. The third kappa shape index (κ3) is 3.23. The van der Waals surface area contributed by atoms with E-state index in [0.29, 0.717) is 0 Å². The summed E-state index contributed by atoms with van der Waals surface area (Å²) in [6.07, 6.45) is 2.16. The molecule has 1 aliphatic heterocycles. The average Bonchev–Trinajstić information content (AvgIpc) is 2.21. The van der Waals surface area contributed by atoms with E-state index in [1.807, 2.05) is 0 Å². The van der Waals surface area contributed by atoms with Gasteiger partial charge in [-0.1, -0.05) is 13.8 Å². The van der Waals surface area contributed by atoms with Gasteiger partial charge < -0.3 is 10.6 Å². The second-order valence-corrected chi connectivity index (χ2v) is 4.65. The first-order chi connectivity index (χ1) is 6.59. The molecule has 0 bridgehead atoms. The molecule has 1 saturated heterocycles. The van der Waals surface area contributed by atoms with Crippen LogP contribution in [-0.2, 0) is 0 Å². The minimum absolute atomic E-state index is 0.0376. The van der Waals surface area contributed by atoms with Gasteiger partial charge in [0.25, 0.3) is 0 Å². The van der Waals surface area contributed by atoms with Crippen molar-refractivity contribution in [3.63, 3.8) is 0 Å². The molecule has 3 nitrogen and oxygen atoms in total. The highest BCUT2D eigenvalue weighted by atomic mass is 15.3. The topological polar surface area (TPSA) is 32.5 Å². The van der Waals surface area contributed by atoms with Crippen LogP contribution in [0.4, 0.5) is 0 Å². The standard InChI is InChI=1S/C11H25N3/c1-4-11(12,5-2)10-14-8-6-13(3)7-9-14/h4-10,12H2,1-3H3. The van der Waals surface area contributed by atoms with Gasteiger partial charge in [0.2, 0.25) is 0 Å². The number of likely N-dealkylation sites (N-methyl/N-ethyl adjacent to an activating group) is 1. The van der Waals surface area contributed by atoms with Crippen LogP contribution in [0.3, 0.4) is 0 Å². The Kier molecular flexibility index (Phi) is 4.35. The van der Waals surface area contributed by atoms with E-state index in [-0.39, 0.29) is 5.54 Å². The minimum Gasteiger partial charge on any atom is -0.324 e. The van der Waals surface area contributed by atoms with Gasteiger partial charge in [-0.05, 0) is 19.9 Å². The molecule has 0 aliphatic carbocycles. The minimum atomic E-state index is 0.0376. The van der Waals surface area contributed by atoms with E-state index in [0.717, 1.165) is 19.4 Å². The Morgan fingerprint density at radius 3 is 2.00 bits per heavy atom. The summed E-state index contributed by atoms with van der Waals surface area (Å²) in [4.78, 5) is 4.89. The Morgan fingerprint density at radius 2 is 1.57 bits per heavy atom. The van der Waals surface area contributed by atoms with Gasteiger partial charge in [0.05, 0.1) is 0 Å². The lowest BCUT2D eigenvalue weighted by molar-refractivity contribution is 0.123. The molecule has 0 spiro atoms. The smallest absolute Gasteiger partial charge is 0.0278 e. The van der Waals surface area contributed by atoms with Crippen LogP contribution in [-0.4, -0.2) is 55.1 Å². The van der Waals surface area contributed by atoms with Crippen LogP contribution in [0.15, 0.2) is 0 Å². The van der Waals surface area contributed by atoms with E-state index in [4.69, 9.17) is 5.73 Å². The second-order valence-electron chi connectivity index (χ2n) is 4.65. The molecule has 0 aromatic rings. The molecule has 0 saturated carbocycles. The summed E-state index contributed by atoms with van der Waals surface area (Å²) in [5.74, 6) is 0. The molecule has 0 aromatic carbocycles. The van der Waals surface area contributed by atoms with E-state index < -0.39 is 0 Å². The molecule has 1 aliphatic rings. The first-order valence-corrected chi connectivity index (χ1v) is 5.79. The number of rotatable bonds is 4. The van der Waals surface area contributed by atoms with Gasteiger partial charge in [-0.2, -0.15) is 0 Å². The fourth-order valence-electron chi connectivity index (χ4n) is 1.92. The zero-order chi connectivity index (χ0) is 10.6. The number of nitrogens with zero attached hydrogens (tertiary/aromatic N) is 2. The van der Waals surface area contributed by atoms with Crippen LogP contribution in [0, 0.1) is 0 Å². The lowest BCUT2D eigenvalue weighted by Crippen LogP contribution is -2.54. The maximum absolute atomic E-state index is 6.31. The van der Waals surface area contributed by atoms with Gasteiger partial charge in [0.1, 0.15) is 0 Å². The van der Waals surface area contributed by atoms with Gasteiger partial charge in [-0.3, -0.25) is 4.90 Å². The molecule has 14 heavy (non-hydrogen) atoms. The molecule has 0 aromatic heterocycles. The van der Waals surface area contributed by atoms with Crippen LogP contribution < -0.4 is 5.73 Å². The number of nitrogens with two attached hydrogens (primary N) is 1. The molecular formula is C11H25N3. The summed E-state index contributed by atoms with van der Waals surface area (Å²) in [5, 5.41) is 0. The summed E-state index contributed by atoms with van der Waals surface area (Å²) >= 11 is 0. The van der Waals surface area contributed by atoms with Crippen LogP contribution >= 0.6 is 0 Å². The van der Waals surface area contributed by atoms with Crippen LogP contribution in [0.5, 0.6) is 0 Å². The van der Waals surface area contributed by atoms with Crippen molar-refractivity contribution in [1.29, 1.82) is 0 Å². The Balaban J connectivity index is 2.36. The molecule has 1 rings (SSSR count). The third-order valence-electron chi connectivity index (χ3n) is 3.54. The number of hydrogen-bond donors (Lipinski definition) is 1. The van der Waals surface area contributed by atoms with E-state index in [1.165, 1.54) is 26.2 Å². The van der Waals surface area contributed by atoms with Gasteiger partial charge >= 0.3 is 0 Å². The number of hydrogen-bond acceptors (Lipinski definition) is 3. The molecule has 1 fully saturated rings. The molecule has 84 valence electrons. The molecule has 0 atom stereocenters. The number of piperazine rings is 1. The Bertz CT molecular complexity index is 158. The highest BCUT2D eigenvalue weighted by molar-refractivity contribution is 4.86. The Hall–Kier alpha value is -0.120. The third-order valence-corrected chi connectivity index (χ3v) is 3.54. The molecule has 1 heterocycles. The van der Waals surface area contributed by atoms with Crippen molar-refractivity contribution < 1.29 is 0 Å². The summed E-state index contributed by atoms with van der Waals surface area (Å²) in [5.41, 5.74) is 6.34. The molecule has 0 unspecified atom stereocenters. The van der Waals surface area contributed by atoms with E-state index >= 15 is 0 Å². The van der Waals surface area contributed by atoms with E-state index in [1.54, 1.807) is 0 Å². The molecule has 0 radical (unpaired) electrons. The SMILES string of the molecule is CCC(N)(CC)CN1CCN(C)CC1. The zero-order valence-corrected chi connectivity index (χ0v) is 9.92. The van der Waals surface area contributed by atoms with E-state index in [9.17, 15) is 0 Å². The highest BCUT2D eigenvalue weighted by Gasteiger charge is 2.25. The van der Waals surface area contributed by atoms with Crippen molar-refractivity contribution in [2.75, 3.05) is 39.8 Å². The van der Waals surface area contributed by atoms with Crippen molar-refractivity contribution in [2.45, 2.75) is 32.2 Å². The monoisotopic (exact) mass is 199 g/mol. The summed E-state index contributed by atoms with van der Waals surface area (Å²) in [7, 11) is 2.19. The van der Waals surface area contributed by atoms with Crippen molar-refractivity contribution in [3.8, 4) is 0 Å². The van der Waals surface area contributed by atoms with Crippen LogP contribution in [0.25, 0.3) is 0 Å². The van der Waals surface area contributed by atoms with Crippen LogP contribution in [0.1, 0.15) is 26.7 Å². The fourth-order valence-corrected chi connectivity index (χ4v) is 1.92. The summed E-state index contributed by atoms with van der Waals surface area (Å²) < 4.78 is 0. The van der Waals surface area contributed by atoms with Gasteiger partial charge in [0.15, 0.2) is 0 Å². The van der Waals surface area contributed by atoms with E-state index in [2.05, 4.69) is 30.7 Å². The summed E-state index contributed by atoms with van der Waals surface area (Å²) in [6.45, 7) is 10.2. The Morgan fingerprint density at radius 1 is 1.07 bits per heavy atom. The van der Waals surface area contributed by atoms with Gasteiger partial charge in [-0.25, -0.2) is 0 Å². The molecule has 0 amide bonds. The predicted molar refractivity (Wildman–Crippen MR) is 61.4 cm³/mol. The molecular weight excluding hydrogens is 174 g/mol. The lowest BCUT2D eigenvalue weighted by Gasteiger charge is -2.38. The largest absolute Gasteiger partial charge is 0.324 e. The van der Waals surface area contributed by atoms with Crippen molar-refractivity contribution in [1.82, 2.24) is 9.80 Å². The van der Waals surface area contributed by atoms with Crippen molar-refractivity contribution in [3.05, 3.63) is 0 Å². The van der Waals surface area contributed by atoms with Crippen LogP contribution in [0.2, 0.25) is 0 Å². The lowest BCUT2D eigenvalue weighted by atomic mass is 9.93. The summed E-state index contributed by atoms with van der Waals surface area (Å²) in [6, 6.07) is 0. The Labute approximate surface area is 88.2 Å².